The zero-order valence-corrected chi connectivity index (χ0v) is 19.1. The summed E-state index contributed by atoms with van der Waals surface area (Å²) in [7, 11) is 1.48. The smallest absolute Gasteiger partial charge is 0.247 e. The third-order valence-corrected chi connectivity index (χ3v) is 6.46. The molecule has 8 heteroatoms. The summed E-state index contributed by atoms with van der Waals surface area (Å²) in [4.78, 5) is 40.1. The molecule has 1 atom stereocenters. The first-order valence-corrected chi connectivity index (χ1v) is 11.3. The maximum Gasteiger partial charge on any atom is 0.247 e. The normalized spacial score (nSPS) is 15.8. The third kappa shape index (κ3) is 4.97. The molecule has 0 radical (unpaired) electrons. The summed E-state index contributed by atoms with van der Waals surface area (Å²) in [6, 6.07) is 18.1. The molecule has 1 unspecified atom stereocenters. The van der Waals surface area contributed by atoms with E-state index in [0.717, 1.165) is 9.80 Å². The van der Waals surface area contributed by atoms with Crippen LogP contribution in [0.25, 0.3) is 6.08 Å². The van der Waals surface area contributed by atoms with Crippen molar-refractivity contribution in [3.8, 4) is 11.5 Å². The van der Waals surface area contributed by atoms with Crippen molar-refractivity contribution in [1.29, 1.82) is 0 Å². The number of imide groups is 1. The standard InChI is InChI=1S/C26H22N2O5S/c1-33-23-14-20(29)11-7-17(23)8-12-22(30)16-5-9-19(10-6-16)28-25(31)15-24(26(28)32)34-21-4-2-3-18(27)13-21/h2-14,24,29H,15,27H2,1H3/b12-8+. The van der Waals surface area contributed by atoms with Gasteiger partial charge in [0.1, 0.15) is 11.5 Å². The number of carbonyl (C=O) groups is 3. The number of nitrogen functional groups attached to an aromatic ring is 1. The van der Waals surface area contributed by atoms with Crippen molar-refractivity contribution >= 4 is 46.8 Å². The van der Waals surface area contributed by atoms with Gasteiger partial charge in [0.25, 0.3) is 0 Å². The molecule has 0 aliphatic carbocycles. The highest BCUT2D eigenvalue weighted by atomic mass is 32.2. The number of anilines is 2. The van der Waals surface area contributed by atoms with Crippen LogP contribution in [-0.2, 0) is 9.59 Å². The highest BCUT2D eigenvalue weighted by Crippen LogP contribution is 2.34. The van der Waals surface area contributed by atoms with Gasteiger partial charge in [-0.05, 0) is 66.7 Å². The summed E-state index contributed by atoms with van der Waals surface area (Å²) in [5.74, 6) is -0.331. The van der Waals surface area contributed by atoms with Crippen molar-refractivity contribution in [2.45, 2.75) is 16.6 Å². The van der Waals surface area contributed by atoms with Gasteiger partial charge < -0.3 is 15.6 Å². The van der Waals surface area contributed by atoms with E-state index in [1.165, 1.54) is 37.1 Å². The highest BCUT2D eigenvalue weighted by Gasteiger charge is 2.40. The van der Waals surface area contributed by atoms with E-state index in [0.29, 0.717) is 28.3 Å². The molecule has 3 aromatic carbocycles. The third-order valence-electron chi connectivity index (χ3n) is 5.28. The number of phenols is 1. The summed E-state index contributed by atoms with van der Waals surface area (Å²) in [5.41, 5.74) is 7.87. The number of carbonyl (C=O) groups excluding carboxylic acids is 3. The molecule has 7 nitrogen and oxygen atoms in total. The van der Waals surface area contributed by atoms with E-state index < -0.39 is 5.25 Å². The second-order valence-corrected chi connectivity index (χ2v) is 8.90. The van der Waals surface area contributed by atoms with Gasteiger partial charge in [0, 0.05) is 34.2 Å². The minimum absolute atomic E-state index is 0.0652. The Morgan fingerprint density at radius 3 is 2.59 bits per heavy atom. The maximum absolute atomic E-state index is 12.9. The van der Waals surface area contributed by atoms with Crippen LogP contribution >= 0.6 is 11.8 Å². The largest absolute Gasteiger partial charge is 0.508 e. The Bertz CT molecular complexity index is 1290. The fourth-order valence-electron chi connectivity index (χ4n) is 3.59. The number of nitrogens with zero attached hydrogens (tertiary/aromatic N) is 1. The number of aromatic hydroxyl groups is 1. The van der Waals surface area contributed by atoms with E-state index in [2.05, 4.69) is 0 Å². The Morgan fingerprint density at radius 2 is 1.88 bits per heavy atom. The van der Waals surface area contributed by atoms with Crippen molar-refractivity contribution in [3.05, 3.63) is 83.9 Å². The average Bonchev–Trinajstić information content (AvgIpc) is 3.10. The van der Waals surface area contributed by atoms with Crippen molar-refractivity contribution in [3.63, 3.8) is 0 Å². The molecule has 2 amide bonds. The molecule has 1 aliphatic rings. The number of ether oxygens (including phenoxy) is 1. The van der Waals surface area contributed by atoms with Crippen molar-refractivity contribution in [2.75, 3.05) is 17.7 Å². The van der Waals surface area contributed by atoms with E-state index in [4.69, 9.17) is 10.5 Å². The lowest BCUT2D eigenvalue weighted by Crippen LogP contribution is -2.31. The van der Waals surface area contributed by atoms with Gasteiger partial charge in [0.15, 0.2) is 5.78 Å². The molecule has 4 rings (SSSR count). The Kier molecular flexibility index (Phi) is 6.70. The van der Waals surface area contributed by atoms with Gasteiger partial charge in [0.2, 0.25) is 11.8 Å². The number of ketones is 1. The lowest BCUT2D eigenvalue weighted by Gasteiger charge is -2.15. The molecule has 172 valence electrons. The zero-order chi connectivity index (χ0) is 24.2. The van der Waals surface area contributed by atoms with Crippen molar-refractivity contribution < 1.29 is 24.2 Å². The molecule has 3 aromatic rings. The molecule has 34 heavy (non-hydrogen) atoms. The Hall–Kier alpha value is -4.04. The number of hydrogen-bond acceptors (Lipinski definition) is 7. The number of amides is 2. The summed E-state index contributed by atoms with van der Waals surface area (Å²) < 4.78 is 5.21. The molecule has 1 fully saturated rings. The van der Waals surface area contributed by atoms with Gasteiger partial charge in [-0.1, -0.05) is 6.07 Å². The van der Waals surface area contributed by atoms with Crippen LogP contribution in [0, 0.1) is 0 Å². The number of nitrogens with two attached hydrogens (primary N) is 1. The van der Waals surface area contributed by atoms with Crippen molar-refractivity contribution in [1.82, 2.24) is 0 Å². The molecular formula is C26H22N2O5S. The van der Waals surface area contributed by atoms with Crippen LogP contribution in [0.4, 0.5) is 11.4 Å². The van der Waals surface area contributed by atoms with Gasteiger partial charge in [-0.3, -0.25) is 14.4 Å². The van der Waals surface area contributed by atoms with E-state index in [9.17, 15) is 19.5 Å². The first kappa shape index (κ1) is 23.1. The molecule has 0 saturated carbocycles. The quantitative estimate of drug-likeness (QED) is 0.227. The van der Waals surface area contributed by atoms with Crippen LogP contribution in [-0.4, -0.2) is 35.1 Å². The first-order chi connectivity index (χ1) is 16.4. The number of methoxy groups -OCH3 is 1. The summed E-state index contributed by atoms with van der Waals surface area (Å²) in [5, 5.41) is 9.02. The van der Waals surface area contributed by atoms with E-state index >= 15 is 0 Å². The number of rotatable bonds is 7. The second kappa shape index (κ2) is 9.84. The van der Waals surface area contributed by atoms with E-state index in [1.807, 2.05) is 6.07 Å². The lowest BCUT2D eigenvalue weighted by atomic mass is 10.1. The van der Waals surface area contributed by atoms with Crippen LogP contribution in [0.1, 0.15) is 22.3 Å². The summed E-state index contributed by atoms with van der Waals surface area (Å²) in [6.07, 6.45) is 3.09. The molecule has 0 aromatic heterocycles. The van der Waals surface area contributed by atoms with Gasteiger partial charge >= 0.3 is 0 Å². The van der Waals surface area contributed by atoms with Gasteiger partial charge in [0.05, 0.1) is 18.0 Å². The predicted molar refractivity (Wildman–Crippen MR) is 132 cm³/mol. The highest BCUT2D eigenvalue weighted by molar-refractivity contribution is 8.00. The molecule has 0 bridgehead atoms. The van der Waals surface area contributed by atoms with Gasteiger partial charge in [-0.2, -0.15) is 0 Å². The Labute approximate surface area is 200 Å². The Morgan fingerprint density at radius 1 is 1.12 bits per heavy atom. The molecular weight excluding hydrogens is 452 g/mol. The number of thioether (sulfide) groups is 1. The number of allylic oxidation sites excluding steroid dienone is 1. The lowest BCUT2D eigenvalue weighted by molar-refractivity contribution is -0.121. The van der Waals surface area contributed by atoms with E-state index in [1.54, 1.807) is 54.6 Å². The maximum atomic E-state index is 12.9. The predicted octanol–water partition coefficient (Wildman–Crippen LogP) is 4.30. The van der Waals surface area contributed by atoms with Gasteiger partial charge in [-0.15, -0.1) is 11.8 Å². The fourth-order valence-corrected chi connectivity index (χ4v) is 4.72. The number of phenolic OH excluding ortho intramolecular Hbond substituents is 1. The monoisotopic (exact) mass is 474 g/mol. The minimum Gasteiger partial charge on any atom is -0.508 e. The molecule has 1 aliphatic heterocycles. The number of hydrogen-bond donors (Lipinski definition) is 2. The minimum atomic E-state index is -0.529. The second-order valence-electron chi connectivity index (χ2n) is 7.62. The van der Waals surface area contributed by atoms with Crippen LogP contribution < -0.4 is 15.4 Å². The van der Waals surface area contributed by atoms with Crippen LogP contribution in [0.15, 0.2) is 77.7 Å². The zero-order valence-electron chi connectivity index (χ0n) is 18.3. The SMILES string of the molecule is COc1cc(O)ccc1/C=C/C(=O)c1ccc(N2C(=O)CC(Sc3cccc(N)c3)C2=O)cc1. The Balaban J connectivity index is 1.46. The fraction of sp³-hybridized carbons (Fsp3) is 0.115. The van der Waals surface area contributed by atoms with Crippen LogP contribution in [0.2, 0.25) is 0 Å². The molecule has 0 spiro atoms. The molecule has 1 saturated heterocycles. The summed E-state index contributed by atoms with van der Waals surface area (Å²) in [6.45, 7) is 0. The van der Waals surface area contributed by atoms with E-state index in [-0.39, 0.29) is 29.8 Å². The first-order valence-electron chi connectivity index (χ1n) is 10.4. The van der Waals surface area contributed by atoms with Crippen LogP contribution in [0.5, 0.6) is 11.5 Å². The van der Waals surface area contributed by atoms with Crippen molar-refractivity contribution in [2.24, 2.45) is 0 Å². The summed E-state index contributed by atoms with van der Waals surface area (Å²) >= 11 is 1.31. The number of benzene rings is 3. The van der Waals surface area contributed by atoms with Gasteiger partial charge in [-0.25, -0.2) is 4.90 Å². The van der Waals surface area contributed by atoms with Crippen LogP contribution in [0.3, 0.4) is 0 Å². The topological polar surface area (TPSA) is 110 Å². The average molecular weight is 475 g/mol. The molecule has 1 heterocycles. The molecule has 3 N–H and O–H groups in total.